The molecule has 0 unspecified atom stereocenters. The van der Waals surface area contributed by atoms with Crippen molar-refractivity contribution in [1.29, 1.82) is 0 Å². The zero-order valence-electron chi connectivity index (χ0n) is 6.55. The largest absolute Gasteiger partial charge is 0.293 e. The molecule has 2 nitrogen and oxygen atoms in total. The fraction of sp³-hybridized carbons (Fsp3) is 0.625. The molecular formula is C8H13NO. The van der Waals surface area contributed by atoms with E-state index in [9.17, 15) is 4.79 Å². The Labute approximate surface area is 61.5 Å². The first-order valence-corrected chi connectivity index (χ1v) is 3.64. The number of likely N-dealkylation sites (N-methyl/N-ethyl adjacent to an activating group) is 1. The number of ketones is 1. The van der Waals surface area contributed by atoms with Crippen molar-refractivity contribution in [3.8, 4) is 0 Å². The van der Waals surface area contributed by atoms with Gasteiger partial charge in [-0.15, -0.1) is 0 Å². The van der Waals surface area contributed by atoms with Crippen molar-refractivity contribution in [1.82, 2.24) is 4.90 Å². The molecule has 1 aliphatic heterocycles. The van der Waals surface area contributed by atoms with Gasteiger partial charge in [0.15, 0.2) is 5.78 Å². The Morgan fingerprint density at radius 2 is 2.30 bits per heavy atom. The quantitative estimate of drug-likeness (QED) is 0.536. The number of carbonyl (C=O) groups excluding carboxylic acids is 1. The van der Waals surface area contributed by atoms with E-state index in [1.54, 1.807) is 6.08 Å². The summed E-state index contributed by atoms with van der Waals surface area (Å²) in [5, 5.41) is 0. The van der Waals surface area contributed by atoms with Gasteiger partial charge in [-0.2, -0.15) is 0 Å². The van der Waals surface area contributed by atoms with Crippen LogP contribution in [0.2, 0.25) is 0 Å². The molecule has 0 fully saturated rings. The van der Waals surface area contributed by atoms with Crippen molar-refractivity contribution >= 4 is 5.78 Å². The highest BCUT2D eigenvalue weighted by Crippen LogP contribution is 2.04. The molecule has 0 atom stereocenters. The highest BCUT2D eigenvalue weighted by atomic mass is 16.1. The second kappa shape index (κ2) is 2.97. The van der Waals surface area contributed by atoms with Gasteiger partial charge in [0.2, 0.25) is 0 Å². The Morgan fingerprint density at radius 3 is 2.80 bits per heavy atom. The van der Waals surface area contributed by atoms with Crippen LogP contribution in [0.3, 0.4) is 0 Å². The summed E-state index contributed by atoms with van der Waals surface area (Å²) in [6.07, 6.45) is 1.74. The highest BCUT2D eigenvalue weighted by molar-refractivity contribution is 5.92. The van der Waals surface area contributed by atoms with Crippen LogP contribution in [0.5, 0.6) is 0 Å². The predicted octanol–water partition coefficient (Wildman–Crippen LogP) is 0.837. The molecule has 0 bridgehead atoms. The zero-order valence-corrected chi connectivity index (χ0v) is 6.55. The molecule has 0 N–H and O–H groups in total. The van der Waals surface area contributed by atoms with Gasteiger partial charge >= 0.3 is 0 Å². The molecular weight excluding hydrogens is 126 g/mol. The SMILES string of the molecule is CCN1CC(=O)C=C(C)C1. The van der Waals surface area contributed by atoms with E-state index in [0.717, 1.165) is 13.1 Å². The van der Waals surface area contributed by atoms with Crippen LogP contribution in [0.1, 0.15) is 13.8 Å². The minimum Gasteiger partial charge on any atom is -0.293 e. The molecule has 1 aliphatic rings. The van der Waals surface area contributed by atoms with Crippen molar-refractivity contribution in [2.75, 3.05) is 19.6 Å². The topological polar surface area (TPSA) is 20.3 Å². The summed E-state index contributed by atoms with van der Waals surface area (Å²) in [6.45, 7) is 6.61. The van der Waals surface area contributed by atoms with Crippen molar-refractivity contribution in [3.05, 3.63) is 11.6 Å². The van der Waals surface area contributed by atoms with E-state index < -0.39 is 0 Å². The van der Waals surface area contributed by atoms with Crippen LogP contribution < -0.4 is 0 Å². The van der Waals surface area contributed by atoms with Crippen molar-refractivity contribution in [3.63, 3.8) is 0 Å². The monoisotopic (exact) mass is 139 g/mol. The number of nitrogens with zero attached hydrogens (tertiary/aromatic N) is 1. The third-order valence-electron chi connectivity index (χ3n) is 1.71. The Hall–Kier alpha value is -0.630. The number of hydrogen-bond donors (Lipinski definition) is 0. The summed E-state index contributed by atoms with van der Waals surface area (Å²) in [5.41, 5.74) is 1.18. The molecule has 1 heterocycles. The maximum Gasteiger partial charge on any atom is 0.169 e. The van der Waals surface area contributed by atoms with Crippen LogP contribution in [0.4, 0.5) is 0 Å². The van der Waals surface area contributed by atoms with E-state index in [-0.39, 0.29) is 5.78 Å². The molecule has 0 radical (unpaired) electrons. The van der Waals surface area contributed by atoms with Gasteiger partial charge in [0.05, 0.1) is 6.54 Å². The van der Waals surface area contributed by atoms with Crippen LogP contribution in [0.25, 0.3) is 0 Å². The highest BCUT2D eigenvalue weighted by Gasteiger charge is 2.12. The number of hydrogen-bond acceptors (Lipinski definition) is 2. The van der Waals surface area contributed by atoms with Crippen LogP contribution in [0, 0.1) is 0 Å². The maximum absolute atomic E-state index is 10.9. The normalized spacial score (nSPS) is 21.0. The van der Waals surface area contributed by atoms with Gasteiger partial charge in [-0.1, -0.05) is 12.5 Å². The van der Waals surface area contributed by atoms with Gasteiger partial charge < -0.3 is 0 Å². The molecule has 10 heavy (non-hydrogen) atoms. The van der Waals surface area contributed by atoms with E-state index in [0.29, 0.717) is 6.54 Å². The van der Waals surface area contributed by atoms with E-state index in [1.807, 2.05) is 6.92 Å². The molecule has 0 amide bonds. The summed E-state index contributed by atoms with van der Waals surface area (Å²) in [6, 6.07) is 0. The van der Waals surface area contributed by atoms with Crippen molar-refractivity contribution in [2.45, 2.75) is 13.8 Å². The van der Waals surface area contributed by atoms with E-state index >= 15 is 0 Å². The van der Waals surface area contributed by atoms with E-state index in [4.69, 9.17) is 0 Å². The van der Waals surface area contributed by atoms with Crippen molar-refractivity contribution < 1.29 is 4.79 Å². The summed E-state index contributed by atoms with van der Waals surface area (Å²) in [5.74, 6) is 0.241. The Morgan fingerprint density at radius 1 is 1.60 bits per heavy atom. The molecule has 0 aromatic heterocycles. The van der Waals surface area contributed by atoms with Gasteiger partial charge in [-0.05, 0) is 19.5 Å². The molecule has 56 valence electrons. The van der Waals surface area contributed by atoms with E-state index in [2.05, 4.69) is 11.8 Å². The summed E-state index contributed by atoms with van der Waals surface area (Å²) in [4.78, 5) is 13.1. The van der Waals surface area contributed by atoms with Crippen molar-refractivity contribution in [2.24, 2.45) is 0 Å². The fourth-order valence-electron chi connectivity index (χ4n) is 1.22. The first kappa shape index (κ1) is 7.48. The molecule has 0 saturated carbocycles. The lowest BCUT2D eigenvalue weighted by atomic mass is 10.1. The smallest absolute Gasteiger partial charge is 0.169 e. The molecule has 2 heteroatoms. The second-order valence-corrected chi connectivity index (χ2v) is 2.76. The second-order valence-electron chi connectivity index (χ2n) is 2.76. The Bertz CT molecular complexity index is 172. The average molecular weight is 139 g/mol. The molecule has 0 spiro atoms. The van der Waals surface area contributed by atoms with Gasteiger partial charge in [0, 0.05) is 6.54 Å². The first-order valence-electron chi connectivity index (χ1n) is 3.64. The van der Waals surface area contributed by atoms with Crippen LogP contribution in [-0.2, 0) is 4.79 Å². The molecule has 1 rings (SSSR count). The van der Waals surface area contributed by atoms with Crippen LogP contribution in [-0.4, -0.2) is 30.3 Å². The first-order chi connectivity index (χ1) is 4.72. The molecule has 0 aliphatic carbocycles. The Balaban J connectivity index is 2.60. The summed E-state index contributed by atoms with van der Waals surface area (Å²) < 4.78 is 0. The van der Waals surface area contributed by atoms with Gasteiger partial charge in [0.25, 0.3) is 0 Å². The van der Waals surface area contributed by atoms with Gasteiger partial charge in [-0.3, -0.25) is 9.69 Å². The zero-order chi connectivity index (χ0) is 7.56. The predicted molar refractivity (Wildman–Crippen MR) is 40.9 cm³/mol. The Kier molecular flexibility index (Phi) is 2.22. The van der Waals surface area contributed by atoms with Gasteiger partial charge in [-0.25, -0.2) is 0 Å². The lowest BCUT2D eigenvalue weighted by Gasteiger charge is -2.22. The minimum atomic E-state index is 0.241. The van der Waals surface area contributed by atoms with Gasteiger partial charge in [0.1, 0.15) is 0 Å². The average Bonchev–Trinajstić information content (AvgIpc) is 1.85. The number of rotatable bonds is 1. The summed E-state index contributed by atoms with van der Waals surface area (Å²) >= 11 is 0. The standard InChI is InChI=1S/C8H13NO/c1-3-9-5-7(2)4-8(10)6-9/h4H,3,5-6H2,1-2H3. The molecule has 0 saturated heterocycles. The third-order valence-corrected chi connectivity index (χ3v) is 1.71. The lowest BCUT2D eigenvalue weighted by molar-refractivity contribution is -0.116. The van der Waals surface area contributed by atoms with Crippen LogP contribution >= 0.6 is 0 Å². The third kappa shape index (κ3) is 1.67. The molecule has 0 aromatic carbocycles. The van der Waals surface area contributed by atoms with E-state index in [1.165, 1.54) is 5.57 Å². The lowest BCUT2D eigenvalue weighted by Crippen LogP contribution is -2.34. The number of carbonyl (C=O) groups is 1. The summed E-state index contributed by atoms with van der Waals surface area (Å²) in [7, 11) is 0. The minimum absolute atomic E-state index is 0.241. The maximum atomic E-state index is 10.9. The fourth-order valence-corrected chi connectivity index (χ4v) is 1.22. The molecule has 0 aromatic rings. The van der Waals surface area contributed by atoms with Crippen LogP contribution in [0.15, 0.2) is 11.6 Å².